The first-order valence-electron chi connectivity index (χ1n) is 3.82. The maximum Gasteiger partial charge on any atom is 0.491 e. The molecule has 18 heteroatoms. The van der Waals surface area contributed by atoms with Crippen LogP contribution in [0.5, 0.6) is 0 Å². The molecule has 10 nitrogen and oxygen atoms in total. The topological polar surface area (TPSA) is 161 Å². The van der Waals surface area contributed by atoms with Crippen molar-refractivity contribution in [3.63, 3.8) is 0 Å². The van der Waals surface area contributed by atoms with Crippen LogP contribution in [0.15, 0.2) is 0 Å². The number of rotatable bonds is 2. The summed E-state index contributed by atoms with van der Waals surface area (Å²) in [5.41, 5.74) is 0. The number of alkyl halides is 6. The van der Waals surface area contributed by atoms with Crippen LogP contribution in [-0.4, -0.2) is 50.2 Å². The van der Waals surface area contributed by atoms with Crippen LogP contribution in [0.4, 0.5) is 26.3 Å². The quantitative estimate of drug-likeness (QED) is 0.280. The van der Waals surface area contributed by atoms with Gasteiger partial charge in [0.05, 0.1) is 0 Å². The molecule has 0 atom stereocenters. The lowest BCUT2D eigenvalue weighted by atomic mass is 10.6. The Morgan fingerprint density at radius 2 is 0.955 bits per heavy atom. The smallest absolute Gasteiger partial charge is 0.380 e. The number of carbonyl (C=O) groups excluding carboxylic acids is 2. The summed E-state index contributed by atoms with van der Waals surface area (Å²) in [6.07, 6.45) is -11.2. The molecule has 0 aliphatic heterocycles. The van der Waals surface area contributed by atoms with E-state index >= 15 is 0 Å². The van der Waals surface area contributed by atoms with Crippen molar-refractivity contribution in [2.75, 3.05) is 0 Å². The Hall–Kier alpha value is -1.50. The van der Waals surface area contributed by atoms with Gasteiger partial charge in [0, 0.05) is 0 Å². The first-order chi connectivity index (χ1) is 9.26. The molecule has 0 heterocycles. The zero-order valence-corrected chi connectivity index (χ0v) is 10.9. The lowest BCUT2D eigenvalue weighted by Crippen LogP contribution is -2.34. The largest absolute Gasteiger partial charge is 0.491 e. The second kappa shape index (κ2) is 7.17. The van der Waals surface area contributed by atoms with E-state index in [9.17, 15) is 52.8 Å². The molecule has 0 aromatic carbocycles. The number of hydrogen-bond acceptors (Lipinski definition) is 8. The molecule has 0 bridgehead atoms. The molecule has 0 saturated heterocycles. The van der Waals surface area contributed by atoms with E-state index in [2.05, 4.69) is 8.37 Å². The Morgan fingerprint density at radius 3 is 1.05 bits per heavy atom. The standard InChI is InChI=1S/C4F6O3.H2O7S2/c5-3(6,7)1(11)13-2(12)4(8,9)10;1-8(2,3)7-9(4,5)6/h;(H,1,2,3)(H,4,5,6). The van der Waals surface area contributed by atoms with E-state index in [0.29, 0.717) is 0 Å². The van der Waals surface area contributed by atoms with Crippen molar-refractivity contribution < 1.29 is 70.2 Å². The second-order valence-electron chi connectivity index (χ2n) is 2.60. The zero-order valence-electron chi connectivity index (χ0n) is 9.24. The Kier molecular flexibility index (Phi) is 7.43. The summed E-state index contributed by atoms with van der Waals surface area (Å²) in [6.45, 7) is 0. The zero-order chi connectivity index (χ0) is 18.6. The van der Waals surface area contributed by atoms with E-state index in [1.165, 1.54) is 0 Å². The average Bonchev–Trinajstić information content (AvgIpc) is 2.08. The van der Waals surface area contributed by atoms with Gasteiger partial charge in [-0.3, -0.25) is 9.11 Å². The first-order valence-corrected chi connectivity index (χ1v) is 6.55. The van der Waals surface area contributed by atoms with Gasteiger partial charge < -0.3 is 4.74 Å². The van der Waals surface area contributed by atoms with Crippen LogP contribution in [0, 0.1) is 0 Å². The molecular weight excluding hydrogens is 386 g/mol. The van der Waals surface area contributed by atoms with Crippen molar-refractivity contribution in [1.29, 1.82) is 0 Å². The monoisotopic (exact) mass is 388 g/mol. The van der Waals surface area contributed by atoms with Crippen molar-refractivity contribution in [1.82, 2.24) is 0 Å². The van der Waals surface area contributed by atoms with Crippen LogP contribution in [0.3, 0.4) is 0 Å². The molecule has 0 aliphatic rings. The van der Waals surface area contributed by atoms with Crippen LogP contribution in [0.2, 0.25) is 0 Å². The van der Waals surface area contributed by atoms with Crippen LogP contribution >= 0.6 is 0 Å². The maximum atomic E-state index is 11.2. The lowest BCUT2D eigenvalue weighted by Gasteiger charge is -2.06. The molecule has 2 N–H and O–H groups in total. The summed E-state index contributed by atoms with van der Waals surface area (Å²) < 4.78 is 125. The molecule has 0 radical (unpaired) electrons. The number of esters is 2. The van der Waals surface area contributed by atoms with Crippen LogP contribution in [0.1, 0.15) is 0 Å². The SMILES string of the molecule is O=C(OC(=O)C(F)(F)F)C(F)(F)F.O=S(=O)(O)OS(=O)(=O)O. The highest BCUT2D eigenvalue weighted by molar-refractivity contribution is 7.94. The predicted molar refractivity (Wildman–Crippen MR) is 47.4 cm³/mol. The third-order valence-corrected chi connectivity index (χ3v) is 2.20. The van der Waals surface area contributed by atoms with E-state index in [0.717, 1.165) is 0 Å². The predicted octanol–water partition coefficient (Wildman–Crippen LogP) is -0.211. The van der Waals surface area contributed by atoms with Gasteiger partial charge in [0.1, 0.15) is 0 Å². The van der Waals surface area contributed by atoms with Crippen molar-refractivity contribution in [3.05, 3.63) is 0 Å². The molecule has 0 aliphatic carbocycles. The first kappa shape index (κ1) is 22.8. The van der Waals surface area contributed by atoms with Crippen LogP contribution < -0.4 is 0 Å². The Morgan fingerprint density at radius 1 is 0.727 bits per heavy atom. The van der Waals surface area contributed by atoms with Crippen molar-refractivity contribution >= 4 is 32.7 Å². The maximum absolute atomic E-state index is 11.2. The van der Waals surface area contributed by atoms with E-state index < -0.39 is 45.1 Å². The fourth-order valence-corrected chi connectivity index (χ4v) is 1.18. The third-order valence-electron chi connectivity index (χ3n) is 0.820. The van der Waals surface area contributed by atoms with Gasteiger partial charge in [0.15, 0.2) is 0 Å². The molecule has 0 aromatic heterocycles. The highest BCUT2D eigenvalue weighted by atomic mass is 32.3. The highest BCUT2D eigenvalue weighted by Crippen LogP contribution is 2.21. The van der Waals surface area contributed by atoms with E-state index in [1.54, 1.807) is 0 Å². The average molecular weight is 388 g/mol. The molecule has 132 valence electrons. The minimum absolute atomic E-state index is 2.45. The Bertz CT molecular complexity index is 557. The second-order valence-corrected chi connectivity index (χ2v) is 4.85. The Balaban J connectivity index is 0. The molecule has 0 spiro atoms. The van der Waals surface area contributed by atoms with Gasteiger partial charge in [0.2, 0.25) is 0 Å². The summed E-state index contributed by atoms with van der Waals surface area (Å²) in [4.78, 5) is 19.3. The number of ether oxygens (including phenoxy) is 1. The van der Waals surface area contributed by atoms with Gasteiger partial charge in [-0.1, -0.05) is 0 Å². The molecule has 22 heavy (non-hydrogen) atoms. The van der Waals surface area contributed by atoms with Crippen molar-refractivity contribution in [2.45, 2.75) is 12.4 Å². The van der Waals surface area contributed by atoms with Crippen molar-refractivity contribution in [2.24, 2.45) is 0 Å². The molecule has 0 fully saturated rings. The van der Waals surface area contributed by atoms with Gasteiger partial charge in [0.25, 0.3) is 0 Å². The van der Waals surface area contributed by atoms with Crippen LogP contribution in [0.25, 0.3) is 0 Å². The van der Waals surface area contributed by atoms with Gasteiger partial charge >= 0.3 is 45.1 Å². The molecule has 0 amide bonds. The minimum atomic E-state index is -5.62. The van der Waals surface area contributed by atoms with Crippen molar-refractivity contribution in [3.8, 4) is 0 Å². The fourth-order valence-electron chi connectivity index (χ4n) is 0.309. The van der Waals surface area contributed by atoms with Gasteiger partial charge in [-0.05, 0) is 0 Å². The molecule has 0 rings (SSSR count). The number of carbonyl (C=O) groups is 2. The lowest BCUT2D eigenvalue weighted by molar-refractivity contribution is -0.221. The van der Waals surface area contributed by atoms with Crippen LogP contribution in [-0.2, 0) is 38.8 Å². The normalized spacial score (nSPS) is 12.9. The van der Waals surface area contributed by atoms with E-state index in [4.69, 9.17) is 9.11 Å². The summed E-state index contributed by atoms with van der Waals surface area (Å²) in [6, 6.07) is 0. The molecule has 0 aromatic rings. The highest BCUT2D eigenvalue weighted by Gasteiger charge is 2.49. The molecule has 0 unspecified atom stereocenters. The summed E-state index contributed by atoms with van der Waals surface area (Å²) in [5, 5.41) is 0. The van der Waals surface area contributed by atoms with Gasteiger partial charge in [-0.25, -0.2) is 9.59 Å². The third kappa shape index (κ3) is 13.5. The van der Waals surface area contributed by atoms with E-state index in [-0.39, 0.29) is 0 Å². The Labute approximate surface area is 116 Å². The fraction of sp³-hybridized carbons (Fsp3) is 0.500. The number of hydrogen-bond donors (Lipinski definition) is 2. The summed E-state index contributed by atoms with van der Waals surface area (Å²) in [7, 11) is -10.2. The molecule has 0 saturated carbocycles. The minimum Gasteiger partial charge on any atom is -0.380 e. The van der Waals surface area contributed by atoms with Gasteiger partial charge in [-0.15, -0.1) is 3.63 Å². The summed E-state index contributed by atoms with van der Waals surface area (Å²) >= 11 is 0. The van der Waals surface area contributed by atoms with E-state index in [1.807, 2.05) is 0 Å². The summed E-state index contributed by atoms with van der Waals surface area (Å²) in [5.74, 6) is -6.40. The number of halogens is 6. The molecular formula is C4H2F6O10S2. The van der Waals surface area contributed by atoms with Gasteiger partial charge in [-0.2, -0.15) is 43.2 Å².